The summed E-state index contributed by atoms with van der Waals surface area (Å²) >= 11 is 0. The summed E-state index contributed by atoms with van der Waals surface area (Å²) in [4.78, 5) is 31.7. The lowest BCUT2D eigenvalue weighted by Gasteiger charge is -2.31. The van der Waals surface area contributed by atoms with Crippen molar-refractivity contribution in [3.63, 3.8) is 0 Å². The molecule has 2 aromatic rings. The lowest BCUT2D eigenvalue weighted by atomic mass is 9.83. The van der Waals surface area contributed by atoms with Crippen molar-refractivity contribution in [2.24, 2.45) is 4.99 Å². The Balaban J connectivity index is 1.91. The van der Waals surface area contributed by atoms with Crippen LogP contribution in [0.15, 0.2) is 59.6 Å². The van der Waals surface area contributed by atoms with Gasteiger partial charge in [0.2, 0.25) is 5.90 Å². The second-order valence-electron chi connectivity index (χ2n) is 11.4. The molecule has 10 nitrogen and oxygen atoms in total. The van der Waals surface area contributed by atoms with Gasteiger partial charge in [-0.25, -0.2) is 10.4 Å². The van der Waals surface area contributed by atoms with Crippen molar-refractivity contribution in [3.05, 3.63) is 65.7 Å². The zero-order valence-electron chi connectivity index (χ0n) is 25.4. The van der Waals surface area contributed by atoms with E-state index < -0.39 is 29.1 Å². The second kappa shape index (κ2) is 15.7. The Labute approximate surface area is 248 Å². The number of amides is 1. The Kier molecular flexibility index (Phi) is 12.3. The van der Waals surface area contributed by atoms with Crippen LogP contribution in [0.3, 0.4) is 0 Å². The van der Waals surface area contributed by atoms with Crippen molar-refractivity contribution in [3.8, 4) is 5.75 Å². The minimum absolute atomic E-state index is 0.0337. The lowest BCUT2D eigenvalue weighted by molar-refractivity contribution is -0.155. The van der Waals surface area contributed by atoms with Gasteiger partial charge in [-0.15, -0.1) is 0 Å². The van der Waals surface area contributed by atoms with Gasteiger partial charge in [-0.1, -0.05) is 30.3 Å². The molecule has 2 aromatic carbocycles. The van der Waals surface area contributed by atoms with Gasteiger partial charge in [0, 0.05) is 38.2 Å². The highest BCUT2D eigenvalue weighted by molar-refractivity contribution is 6.01. The zero-order valence-corrected chi connectivity index (χ0v) is 25.4. The lowest BCUT2D eigenvalue weighted by Crippen LogP contribution is -2.53. The number of carbonyl (C=O) groups is 2. The molecule has 0 aromatic heterocycles. The first kappa shape index (κ1) is 33.0. The number of aliphatic hydroxyl groups excluding tert-OH is 1. The highest BCUT2D eigenvalue weighted by Gasteiger charge is 2.53. The molecule has 0 spiro atoms. The number of aliphatic imine (C=N–C) groups is 1. The van der Waals surface area contributed by atoms with E-state index >= 15 is 0 Å². The van der Waals surface area contributed by atoms with Crippen LogP contribution in [0, 0.1) is 0 Å². The molecule has 0 aliphatic carbocycles. The van der Waals surface area contributed by atoms with Gasteiger partial charge in [0.1, 0.15) is 11.4 Å². The molecule has 10 heteroatoms. The highest BCUT2D eigenvalue weighted by Crippen LogP contribution is 2.43. The van der Waals surface area contributed by atoms with Gasteiger partial charge in [-0.3, -0.25) is 15.0 Å². The summed E-state index contributed by atoms with van der Waals surface area (Å²) in [5, 5.41) is 9.01. The molecular formula is C32H45N3O7. The third-order valence-electron chi connectivity index (χ3n) is 6.36. The Hall–Kier alpha value is -3.47. The van der Waals surface area contributed by atoms with Crippen LogP contribution in [-0.4, -0.2) is 66.5 Å². The Morgan fingerprint density at radius 3 is 2.40 bits per heavy atom. The number of rotatable bonds is 16. The van der Waals surface area contributed by atoms with Gasteiger partial charge in [-0.2, -0.15) is 0 Å². The first-order chi connectivity index (χ1) is 20.0. The van der Waals surface area contributed by atoms with E-state index in [0.717, 1.165) is 5.56 Å². The molecule has 0 unspecified atom stereocenters. The molecule has 3 N–H and O–H groups in total. The third kappa shape index (κ3) is 9.82. The average molecular weight is 584 g/mol. The molecule has 0 bridgehead atoms. The number of esters is 1. The Morgan fingerprint density at radius 2 is 1.76 bits per heavy atom. The molecule has 1 aliphatic heterocycles. The number of nitrogens with one attached hydrogen (secondary N) is 2. The summed E-state index contributed by atoms with van der Waals surface area (Å²) in [5.41, 5.74) is 5.11. The number of hydrogen-bond donors (Lipinski definition) is 3. The smallest absolute Gasteiger partial charge is 0.306 e. The normalized spacial score (nSPS) is 18.4. The molecule has 0 saturated heterocycles. The van der Waals surface area contributed by atoms with Crippen molar-refractivity contribution in [1.29, 1.82) is 0 Å². The quantitative estimate of drug-likeness (QED) is 0.152. The van der Waals surface area contributed by atoms with Crippen LogP contribution >= 0.6 is 0 Å². The fraction of sp³-hybridized carbons (Fsp3) is 0.531. The van der Waals surface area contributed by atoms with Crippen molar-refractivity contribution in [1.82, 2.24) is 10.9 Å². The summed E-state index contributed by atoms with van der Waals surface area (Å²) < 4.78 is 23.2. The van der Waals surface area contributed by atoms with E-state index in [4.69, 9.17) is 29.0 Å². The predicted octanol–water partition coefficient (Wildman–Crippen LogP) is 4.26. The van der Waals surface area contributed by atoms with Gasteiger partial charge in [0.25, 0.3) is 5.91 Å². The summed E-state index contributed by atoms with van der Waals surface area (Å²) in [6.45, 7) is 10.9. The molecule has 0 radical (unpaired) electrons. The highest BCUT2D eigenvalue weighted by atomic mass is 16.6. The minimum atomic E-state index is -1.45. The molecule has 0 saturated carbocycles. The number of aliphatic hydroxyl groups is 1. The largest absolute Gasteiger partial charge is 0.494 e. The fourth-order valence-electron chi connectivity index (χ4n) is 4.41. The first-order valence-electron chi connectivity index (χ1n) is 14.6. The van der Waals surface area contributed by atoms with Gasteiger partial charge < -0.3 is 24.1 Å². The molecule has 1 aliphatic rings. The van der Waals surface area contributed by atoms with Crippen LogP contribution in [0.5, 0.6) is 5.75 Å². The number of ether oxygens (including phenoxy) is 4. The van der Waals surface area contributed by atoms with Crippen molar-refractivity contribution in [2.75, 3.05) is 26.4 Å². The van der Waals surface area contributed by atoms with Crippen LogP contribution in [0.4, 0.5) is 0 Å². The van der Waals surface area contributed by atoms with Crippen LogP contribution < -0.4 is 15.6 Å². The number of hydrazine groups is 1. The summed E-state index contributed by atoms with van der Waals surface area (Å²) in [6, 6.07) is 16.6. The summed E-state index contributed by atoms with van der Waals surface area (Å²) in [5.74, 6) is 0.0948. The van der Waals surface area contributed by atoms with Crippen molar-refractivity contribution in [2.45, 2.75) is 83.6 Å². The van der Waals surface area contributed by atoms with Gasteiger partial charge >= 0.3 is 5.97 Å². The second-order valence-corrected chi connectivity index (χ2v) is 11.4. The molecule has 0 fully saturated rings. The molecule has 3 rings (SSSR count). The van der Waals surface area contributed by atoms with E-state index in [9.17, 15) is 9.59 Å². The Morgan fingerprint density at radius 1 is 1.05 bits per heavy atom. The topological polar surface area (TPSA) is 128 Å². The third-order valence-corrected chi connectivity index (χ3v) is 6.36. The zero-order chi connectivity index (χ0) is 30.6. The Bertz CT molecular complexity index is 1160. The van der Waals surface area contributed by atoms with Crippen LogP contribution in [-0.2, 0) is 23.8 Å². The van der Waals surface area contributed by atoms with E-state index in [1.165, 1.54) is 0 Å². The van der Waals surface area contributed by atoms with E-state index in [1.54, 1.807) is 32.9 Å². The molecular weight excluding hydrogens is 538 g/mol. The van der Waals surface area contributed by atoms with Crippen molar-refractivity contribution >= 4 is 17.8 Å². The molecule has 42 heavy (non-hydrogen) atoms. The summed E-state index contributed by atoms with van der Waals surface area (Å²) in [7, 11) is 0. The van der Waals surface area contributed by atoms with Gasteiger partial charge in [0.05, 0.1) is 12.7 Å². The van der Waals surface area contributed by atoms with Crippen molar-refractivity contribution < 1.29 is 33.6 Å². The van der Waals surface area contributed by atoms with Gasteiger partial charge in [-0.05, 0) is 77.3 Å². The molecule has 1 amide bonds. The predicted molar refractivity (Wildman–Crippen MR) is 160 cm³/mol. The number of benzene rings is 2. The van der Waals surface area contributed by atoms with E-state index in [-0.39, 0.29) is 31.5 Å². The number of hydrogen-bond acceptors (Lipinski definition) is 9. The summed E-state index contributed by atoms with van der Waals surface area (Å²) in [6.07, 6.45) is 0.605. The van der Waals surface area contributed by atoms with E-state index in [1.807, 2.05) is 56.3 Å². The number of carbonyl (C=O) groups excluding carboxylic acids is 2. The average Bonchev–Trinajstić information content (AvgIpc) is 3.34. The number of nitrogens with zero attached hydrogens (tertiary/aromatic N) is 1. The maximum Gasteiger partial charge on any atom is 0.306 e. The minimum Gasteiger partial charge on any atom is -0.494 e. The standard InChI is InChI=1S/C32H45N3O7/c1-23(2)39-21-9-19-33-35-30(38)32(18-17-27(37)42-31(3,4)5)28(24-11-7-6-8-12-24)41-29(34-32)25-13-15-26(16-14-25)40-22-10-20-36/h6-8,11-16,23,28,33,36H,9-10,17-22H2,1-5H3,(H,35,38)/t28-,32-/m0/s1. The molecule has 2 atom stereocenters. The van der Waals surface area contributed by atoms with Gasteiger partial charge in [0.15, 0.2) is 11.6 Å². The van der Waals surface area contributed by atoms with E-state index in [0.29, 0.717) is 43.9 Å². The molecule has 230 valence electrons. The van der Waals surface area contributed by atoms with Crippen LogP contribution in [0.1, 0.15) is 77.5 Å². The van der Waals surface area contributed by atoms with E-state index in [2.05, 4.69) is 10.9 Å². The fourth-order valence-corrected chi connectivity index (χ4v) is 4.41. The maximum absolute atomic E-state index is 14.0. The SMILES string of the molecule is CC(C)OCCCNNC(=O)[C@@]1(CCC(=O)OC(C)(C)C)N=C(c2ccc(OCCCO)cc2)O[C@H]1c1ccccc1. The molecule has 1 heterocycles. The maximum atomic E-state index is 14.0. The monoisotopic (exact) mass is 583 g/mol. The van der Waals surface area contributed by atoms with Crippen LogP contribution in [0.2, 0.25) is 0 Å². The first-order valence-corrected chi connectivity index (χ1v) is 14.6. The van der Waals surface area contributed by atoms with Crippen LogP contribution in [0.25, 0.3) is 0 Å².